The molecule has 0 radical (unpaired) electrons. The molecule has 196 valence electrons. The van der Waals surface area contributed by atoms with Crippen molar-refractivity contribution in [2.75, 3.05) is 49.3 Å². The molecule has 0 bridgehead atoms. The number of rotatable bonds is 6. The smallest absolute Gasteiger partial charge is 0.148 e. The number of ether oxygens (including phenoxy) is 3. The molecule has 3 fully saturated rings. The second-order valence-corrected chi connectivity index (χ2v) is 10.6. The average Bonchev–Trinajstić information content (AvgIpc) is 3.64. The monoisotopic (exact) mass is 504 g/mol. The summed E-state index contributed by atoms with van der Waals surface area (Å²) in [5.74, 6) is 2.04. The second-order valence-electron chi connectivity index (χ2n) is 10.6. The van der Waals surface area contributed by atoms with E-state index in [0.29, 0.717) is 18.4 Å². The number of anilines is 2. The predicted molar refractivity (Wildman–Crippen MR) is 146 cm³/mol. The van der Waals surface area contributed by atoms with Crippen molar-refractivity contribution in [2.24, 2.45) is 11.8 Å². The van der Waals surface area contributed by atoms with Crippen molar-refractivity contribution in [3.05, 3.63) is 65.6 Å². The minimum atomic E-state index is -0.155. The van der Waals surface area contributed by atoms with E-state index in [1.165, 1.54) is 0 Å². The van der Waals surface area contributed by atoms with Gasteiger partial charge in [-0.1, -0.05) is 6.08 Å². The number of nitrogens with zero attached hydrogens (tertiary/aromatic N) is 2. The van der Waals surface area contributed by atoms with Gasteiger partial charge in [-0.25, -0.2) is 4.39 Å². The Balaban J connectivity index is 1.15. The van der Waals surface area contributed by atoms with E-state index in [-0.39, 0.29) is 11.9 Å². The maximum absolute atomic E-state index is 15.5. The van der Waals surface area contributed by atoms with E-state index in [4.69, 9.17) is 14.2 Å². The van der Waals surface area contributed by atoms with E-state index in [2.05, 4.69) is 34.1 Å². The fourth-order valence-corrected chi connectivity index (χ4v) is 6.33. The molecule has 4 aliphatic heterocycles. The highest BCUT2D eigenvalue weighted by Gasteiger charge is 2.32. The molecule has 2 aromatic carbocycles. The summed E-state index contributed by atoms with van der Waals surface area (Å²) in [5, 5.41) is 0. The number of halogens is 1. The number of allylic oxidation sites excluding steroid dienone is 1. The van der Waals surface area contributed by atoms with Crippen LogP contribution in [0, 0.1) is 17.7 Å². The minimum absolute atomic E-state index is 0.155. The van der Waals surface area contributed by atoms with E-state index >= 15 is 4.39 Å². The van der Waals surface area contributed by atoms with Crippen LogP contribution in [-0.4, -0.2) is 45.6 Å². The van der Waals surface area contributed by atoms with Crippen LogP contribution in [0.25, 0.3) is 11.8 Å². The Hall–Kier alpha value is -2.83. The molecule has 1 unspecified atom stereocenters. The van der Waals surface area contributed by atoms with Crippen molar-refractivity contribution in [1.82, 2.24) is 0 Å². The molecule has 0 aromatic heterocycles. The van der Waals surface area contributed by atoms with Gasteiger partial charge >= 0.3 is 0 Å². The third-order valence-electron chi connectivity index (χ3n) is 8.40. The van der Waals surface area contributed by atoms with Gasteiger partial charge < -0.3 is 24.0 Å². The first-order valence-electron chi connectivity index (χ1n) is 13.8. The average molecular weight is 505 g/mol. The lowest BCUT2D eigenvalue weighted by Crippen LogP contribution is -2.27. The normalized spacial score (nSPS) is 25.2. The van der Waals surface area contributed by atoms with Crippen molar-refractivity contribution in [3.8, 4) is 5.75 Å². The zero-order chi connectivity index (χ0) is 25.2. The van der Waals surface area contributed by atoms with Gasteiger partial charge in [0.2, 0.25) is 0 Å². The van der Waals surface area contributed by atoms with Crippen molar-refractivity contribution >= 4 is 23.1 Å². The third-order valence-corrected chi connectivity index (χ3v) is 8.40. The largest absolute Gasteiger partial charge is 0.491 e. The van der Waals surface area contributed by atoms with E-state index < -0.39 is 0 Å². The van der Waals surface area contributed by atoms with E-state index in [1.807, 2.05) is 31.3 Å². The fourth-order valence-electron chi connectivity index (χ4n) is 6.33. The Morgan fingerprint density at radius 3 is 2.70 bits per heavy atom. The maximum atomic E-state index is 15.5. The van der Waals surface area contributed by atoms with Gasteiger partial charge in [-0.3, -0.25) is 0 Å². The zero-order valence-corrected chi connectivity index (χ0v) is 21.7. The predicted octanol–water partition coefficient (Wildman–Crippen LogP) is 6.49. The summed E-state index contributed by atoms with van der Waals surface area (Å²) in [4.78, 5) is 4.30. The lowest BCUT2D eigenvalue weighted by molar-refractivity contribution is 0.0500. The van der Waals surface area contributed by atoms with Gasteiger partial charge in [0.05, 0.1) is 11.8 Å². The Bertz CT molecular complexity index is 1170. The highest BCUT2D eigenvalue weighted by molar-refractivity contribution is 5.90. The van der Waals surface area contributed by atoms with Gasteiger partial charge in [0, 0.05) is 62.1 Å². The molecule has 5 nitrogen and oxygen atoms in total. The van der Waals surface area contributed by atoms with Crippen molar-refractivity contribution < 1.29 is 18.6 Å². The van der Waals surface area contributed by atoms with Gasteiger partial charge in [0.1, 0.15) is 18.2 Å². The lowest BCUT2D eigenvalue weighted by Gasteiger charge is -2.30. The molecule has 0 N–H and O–H groups in total. The number of hydrogen-bond acceptors (Lipinski definition) is 5. The van der Waals surface area contributed by atoms with Crippen LogP contribution in [0.3, 0.4) is 0 Å². The molecule has 0 aliphatic carbocycles. The topological polar surface area (TPSA) is 34.2 Å². The van der Waals surface area contributed by atoms with Gasteiger partial charge in [-0.15, -0.1) is 0 Å². The van der Waals surface area contributed by atoms with E-state index in [0.717, 1.165) is 99.0 Å². The van der Waals surface area contributed by atoms with Gasteiger partial charge in [0.25, 0.3) is 0 Å². The van der Waals surface area contributed by atoms with Crippen LogP contribution >= 0.6 is 0 Å². The molecule has 3 saturated heterocycles. The highest BCUT2D eigenvalue weighted by Crippen LogP contribution is 2.39. The maximum Gasteiger partial charge on any atom is 0.148 e. The summed E-state index contributed by atoms with van der Waals surface area (Å²) in [6.07, 6.45) is 12.0. The lowest BCUT2D eigenvalue weighted by atomic mass is 9.85. The molecular formula is C31H37FN2O3. The molecule has 4 heterocycles. The van der Waals surface area contributed by atoms with Crippen LogP contribution in [0.4, 0.5) is 15.8 Å². The molecule has 6 rings (SSSR count). The zero-order valence-electron chi connectivity index (χ0n) is 21.7. The highest BCUT2D eigenvalue weighted by atomic mass is 19.1. The standard InChI is InChI=1S/C31H37FN2O3/c1-2-30-28-7-6-26(37-21-27-4-3-15-36-27)18-23(28)10-14-34(30)25-5-8-31(29(32)19-25)33-13-9-24(20-33)22-11-16-35-17-12-22/h2,5-8,10,14,18-19,22,24,27H,3-4,9,11-13,15-17,20-21H2,1H3/b30-2-/t24?,27-/m1/s1. The molecule has 2 atom stereocenters. The van der Waals surface area contributed by atoms with Gasteiger partial charge in [-0.2, -0.15) is 0 Å². The summed E-state index contributed by atoms with van der Waals surface area (Å²) in [7, 11) is 0. The molecule has 0 spiro atoms. The Kier molecular flexibility index (Phi) is 7.21. The number of hydrogen-bond donors (Lipinski definition) is 0. The van der Waals surface area contributed by atoms with Crippen molar-refractivity contribution in [1.29, 1.82) is 0 Å². The molecular weight excluding hydrogens is 467 g/mol. The van der Waals surface area contributed by atoms with Crippen LogP contribution in [0.2, 0.25) is 0 Å². The Morgan fingerprint density at radius 2 is 1.92 bits per heavy atom. The first-order valence-corrected chi connectivity index (χ1v) is 13.8. The first-order chi connectivity index (χ1) is 18.2. The number of benzene rings is 2. The molecule has 2 aromatic rings. The Morgan fingerprint density at radius 1 is 1.03 bits per heavy atom. The SMILES string of the molecule is C/C=C1/c2ccc(OC[C@H]3CCCO3)cc2C=CN1c1ccc(N2CCC(C3CCOCC3)C2)c(F)c1. The summed E-state index contributed by atoms with van der Waals surface area (Å²) in [6, 6.07) is 11.9. The molecule has 0 saturated carbocycles. The van der Waals surface area contributed by atoms with Crippen LogP contribution in [0.1, 0.15) is 50.2 Å². The van der Waals surface area contributed by atoms with Crippen LogP contribution < -0.4 is 14.5 Å². The molecule has 4 aliphatic rings. The summed E-state index contributed by atoms with van der Waals surface area (Å²) in [5.41, 5.74) is 4.79. The minimum Gasteiger partial charge on any atom is -0.491 e. The quantitative estimate of drug-likeness (QED) is 0.449. The Labute approximate surface area is 219 Å². The number of fused-ring (bicyclic) bond motifs is 1. The van der Waals surface area contributed by atoms with Crippen LogP contribution in [-0.2, 0) is 9.47 Å². The van der Waals surface area contributed by atoms with Crippen molar-refractivity contribution in [2.45, 2.75) is 45.1 Å². The molecule has 6 heteroatoms. The first kappa shape index (κ1) is 24.5. The van der Waals surface area contributed by atoms with Crippen LogP contribution in [0.5, 0.6) is 5.75 Å². The van der Waals surface area contributed by atoms with Gasteiger partial charge in [0.15, 0.2) is 0 Å². The fraction of sp³-hybridized carbons (Fsp3) is 0.484. The second kappa shape index (κ2) is 10.9. The summed E-state index contributed by atoms with van der Waals surface area (Å²) in [6.45, 7) is 7.05. The van der Waals surface area contributed by atoms with E-state index in [9.17, 15) is 0 Å². The summed E-state index contributed by atoms with van der Waals surface area (Å²) >= 11 is 0. The van der Waals surface area contributed by atoms with Crippen LogP contribution in [0.15, 0.2) is 48.7 Å². The van der Waals surface area contributed by atoms with Gasteiger partial charge in [-0.05, 0) is 92.8 Å². The van der Waals surface area contributed by atoms with E-state index in [1.54, 1.807) is 6.07 Å². The summed E-state index contributed by atoms with van der Waals surface area (Å²) < 4.78 is 32.7. The third kappa shape index (κ3) is 5.14. The van der Waals surface area contributed by atoms with Crippen molar-refractivity contribution in [3.63, 3.8) is 0 Å². The molecule has 0 amide bonds. The molecule has 37 heavy (non-hydrogen) atoms.